The first-order valence-corrected chi connectivity index (χ1v) is 6.68. The van der Waals surface area contributed by atoms with Crippen LogP contribution in [0, 0.1) is 5.92 Å². The van der Waals surface area contributed by atoms with E-state index in [9.17, 15) is 0 Å². The third-order valence-corrected chi connectivity index (χ3v) is 3.54. The number of piperidine rings is 1. The molecule has 0 bridgehead atoms. The van der Waals surface area contributed by atoms with Crippen LogP contribution >= 0.6 is 0 Å². The molecule has 1 aromatic rings. The molecule has 94 valence electrons. The van der Waals surface area contributed by atoms with E-state index < -0.39 is 0 Å². The molecule has 1 saturated heterocycles. The first-order valence-electron chi connectivity index (χ1n) is 6.68. The van der Waals surface area contributed by atoms with Crippen LogP contribution in [-0.2, 0) is 6.42 Å². The molecule has 1 unspecified atom stereocenters. The summed E-state index contributed by atoms with van der Waals surface area (Å²) in [5.41, 5.74) is 1.37. The molecule has 1 aliphatic rings. The maximum atomic E-state index is 5.87. The molecule has 2 heteroatoms. The highest BCUT2D eigenvalue weighted by atomic mass is 16.5. The van der Waals surface area contributed by atoms with Crippen molar-refractivity contribution in [3.8, 4) is 5.75 Å². The van der Waals surface area contributed by atoms with E-state index in [-0.39, 0.29) is 0 Å². The molecule has 1 atom stereocenters. The number of hydrogen-bond donors (Lipinski definition) is 0. The van der Waals surface area contributed by atoms with Gasteiger partial charge in [0.2, 0.25) is 0 Å². The van der Waals surface area contributed by atoms with Gasteiger partial charge in [-0.3, -0.25) is 0 Å². The van der Waals surface area contributed by atoms with Crippen LogP contribution in [0.3, 0.4) is 0 Å². The SMILES string of the molecule is CCc1ccc(OCC2CCCN(C)C2)cc1. The van der Waals surface area contributed by atoms with Crippen molar-refractivity contribution in [1.29, 1.82) is 0 Å². The number of ether oxygens (including phenoxy) is 1. The van der Waals surface area contributed by atoms with Crippen molar-refractivity contribution in [1.82, 2.24) is 4.90 Å². The van der Waals surface area contributed by atoms with Gasteiger partial charge in [0.15, 0.2) is 0 Å². The van der Waals surface area contributed by atoms with Gasteiger partial charge in [-0.15, -0.1) is 0 Å². The molecule has 0 aliphatic carbocycles. The van der Waals surface area contributed by atoms with Crippen LogP contribution in [0.4, 0.5) is 0 Å². The van der Waals surface area contributed by atoms with E-state index in [1.807, 2.05) is 0 Å². The monoisotopic (exact) mass is 233 g/mol. The molecule has 1 aliphatic heterocycles. The third-order valence-electron chi connectivity index (χ3n) is 3.54. The summed E-state index contributed by atoms with van der Waals surface area (Å²) in [7, 11) is 2.20. The molecule has 0 saturated carbocycles. The average Bonchev–Trinajstić information content (AvgIpc) is 2.37. The second-order valence-electron chi connectivity index (χ2n) is 5.08. The third kappa shape index (κ3) is 3.74. The Bertz CT molecular complexity index is 333. The number of nitrogens with zero attached hydrogens (tertiary/aromatic N) is 1. The number of hydrogen-bond acceptors (Lipinski definition) is 2. The van der Waals surface area contributed by atoms with E-state index in [2.05, 4.69) is 43.1 Å². The zero-order valence-electron chi connectivity index (χ0n) is 11.0. The van der Waals surface area contributed by atoms with Gasteiger partial charge in [0.25, 0.3) is 0 Å². The Kier molecular flexibility index (Phi) is 4.43. The second-order valence-corrected chi connectivity index (χ2v) is 5.08. The smallest absolute Gasteiger partial charge is 0.119 e. The molecule has 2 rings (SSSR count). The summed E-state index contributed by atoms with van der Waals surface area (Å²) in [6.45, 7) is 5.44. The predicted molar refractivity (Wildman–Crippen MR) is 71.5 cm³/mol. The van der Waals surface area contributed by atoms with E-state index in [0.29, 0.717) is 5.92 Å². The summed E-state index contributed by atoms with van der Waals surface area (Å²) in [4.78, 5) is 2.40. The maximum absolute atomic E-state index is 5.87. The fourth-order valence-electron chi connectivity index (χ4n) is 2.44. The maximum Gasteiger partial charge on any atom is 0.119 e. The summed E-state index contributed by atoms with van der Waals surface area (Å²) in [6, 6.07) is 8.49. The van der Waals surface area contributed by atoms with Crippen molar-refractivity contribution >= 4 is 0 Å². The average molecular weight is 233 g/mol. The highest BCUT2D eigenvalue weighted by Gasteiger charge is 2.17. The van der Waals surface area contributed by atoms with Crippen molar-refractivity contribution in [2.45, 2.75) is 26.2 Å². The summed E-state index contributed by atoms with van der Waals surface area (Å²) in [5.74, 6) is 1.70. The quantitative estimate of drug-likeness (QED) is 0.792. The summed E-state index contributed by atoms with van der Waals surface area (Å²) >= 11 is 0. The van der Waals surface area contributed by atoms with Crippen LogP contribution in [-0.4, -0.2) is 31.6 Å². The van der Waals surface area contributed by atoms with Crippen LogP contribution in [0.1, 0.15) is 25.3 Å². The molecule has 1 fully saturated rings. The lowest BCUT2D eigenvalue weighted by Gasteiger charge is -2.29. The Morgan fingerprint density at radius 3 is 2.71 bits per heavy atom. The van der Waals surface area contributed by atoms with Crippen LogP contribution in [0.5, 0.6) is 5.75 Å². The predicted octanol–water partition coefficient (Wildman–Crippen LogP) is 2.97. The fraction of sp³-hybridized carbons (Fsp3) is 0.600. The Morgan fingerprint density at radius 2 is 2.06 bits per heavy atom. The highest BCUT2D eigenvalue weighted by molar-refractivity contribution is 5.27. The van der Waals surface area contributed by atoms with Gasteiger partial charge in [-0.05, 0) is 50.6 Å². The summed E-state index contributed by atoms with van der Waals surface area (Å²) < 4.78 is 5.87. The van der Waals surface area contributed by atoms with E-state index in [4.69, 9.17) is 4.74 Å². The minimum Gasteiger partial charge on any atom is -0.493 e. The molecule has 1 heterocycles. The van der Waals surface area contributed by atoms with Crippen molar-refractivity contribution in [2.75, 3.05) is 26.7 Å². The largest absolute Gasteiger partial charge is 0.493 e. The van der Waals surface area contributed by atoms with Crippen molar-refractivity contribution < 1.29 is 4.74 Å². The highest BCUT2D eigenvalue weighted by Crippen LogP contribution is 2.18. The summed E-state index contributed by atoms with van der Waals surface area (Å²) in [5, 5.41) is 0. The van der Waals surface area contributed by atoms with Crippen molar-refractivity contribution in [2.24, 2.45) is 5.92 Å². The van der Waals surface area contributed by atoms with Crippen LogP contribution in [0.25, 0.3) is 0 Å². The van der Waals surface area contributed by atoms with Gasteiger partial charge in [-0.25, -0.2) is 0 Å². The first-order chi connectivity index (χ1) is 8.28. The van der Waals surface area contributed by atoms with E-state index in [0.717, 1.165) is 18.8 Å². The fourth-order valence-corrected chi connectivity index (χ4v) is 2.44. The van der Waals surface area contributed by atoms with Crippen LogP contribution in [0.2, 0.25) is 0 Å². The topological polar surface area (TPSA) is 12.5 Å². The Labute approximate surface area is 105 Å². The molecule has 2 nitrogen and oxygen atoms in total. The molecule has 0 aromatic heterocycles. The zero-order valence-corrected chi connectivity index (χ0v) is 11.0. The van der Waals surface area contributed by atoms with Gasteiger partial charge < -0.3 is 9.64 Å². The minimum absolute atomic E-state index is 0.694. The standard InChI is InChI=1S/C15H23NO/c1-3-13-6-8-15(9-7-13)17-12-14-5-4-10-16(2)11-14/h6-9,14H,3-5,10-12H2,1-2H3. The molecule has 17 heavy (non-hydrogen) atoms. The Hall–Kier alpha value is -1.02. The van der Waals surface area contributed by atoms with Crippen LogP contribution in [0.15, 0.2) is 24.3 Å². The number of aryl methyl sites for hydroxylation is 1. The summed E-state index contributed by atoms with van der Waals surface area (Å²) in [6.07, 6.45) is 3.70. The zero-order chi connectivity index (χ0) is 12.1. The van der Waals surface area contributed by atoms with E-state index in [1.54, 1.807) is 0 Å². The molecule has 0 spiro atoms. The number of likely N-dealkylation sites (tertiary alicyclic amines) is 1. The van der Waals surface area contributed by atoms with E-state index in [1.165, 1.54) is 31.5 Å². The Balaban J connectivity index is 1.80. The van der Waals surface area contributed by atoms with Crippen molar-refractivity contribution in [3.05, 3.63) is 29.8 Å². The molecular weight excluding hydrogens is 210 g/mol. The van der Waals surface area contributed by atoms with Gasteiger partial charge in [0.1, 0.15) is 5.75 Å². The molecular formula is C15H23NO. The van der Waals surface area contributed by atoms with Gasteiger partial charge in [-0.2, -0.15) is 0 Å². The minimum atomic E-state index is 0.694. The molecule has 0 radical (unpaired) electrons. The van der Waals surface area contributed by atoms with Gasteiger partial charge in [0.05, 0.1) is 6.61 Å². The van der Waals surface area contributed by atoms with Crippen LogP contribution < -0.4 is 4.74 Å². The van der Waals surface area contributed by atoms with Gasteiger partial charge in [0, 0.05) is 12.5 Å². The van der Waals surface area contributed by atoms with E-state index >= 15 is 0 Å². The molecule has 0 amide bonds. The number of benzene rings is 1. The lowest BCUT2D eigenvalue weighted by molar-refractivity contribution is 0.150. The Morgan fingerprint density at radius 1 is 1.29 bits per heavy atom. The van der Waals surface area contributed by atoms with Crippen molar-refractivity contribution in [3.63, 3.8) is 0 Å². The lowest BCUT2D eigenvalue weighted by atomic mass is 10.00. The lowest BCUT2D eigenvalue weighted by Crippen LogP contribution is -2.34. The normalized spacial score (nSPS) is 21.4. The van der Waals surface area contributed by atoms with Gasteiger partial charge >= 0.3 is 0 Å². The number of rotatable bonds is 4. The molecule has 1 aromatic carbocycles. The van der Waals surface area contributed by atoms with Gasteiger partial charge in [-0.1, -0.05) is 19.1 Å². The molecule has 0 N–H and O–H groups in total. The first kappa shape index (κ1) is 12.4. The second kappa shape index (κ2) is 6.06.